The molecule has 0 atom stereocenters. The number of amides is 1. The van der Waals surface area contributed by atoms with Crippen LogP contribution in [0.4, 0.5) is 0 Å². The van der Waals surface area contributed by atoms with Crippen molar-refractivity contribution in [2.45, 2.75) is 19.4 Å². The number of primary amides is 1. The maximum atomic E-state index is 11.4. The highest BCUT2D eigenvalue weighted by molar-refractivity contribution is 6.42. The Hall–Kier alpha value is -2.46. The van der Waals surface area contributed by atoms with E-state index < -0.39 is 17.3 Å². The molecule has 4 nitrogen and oxygen atoms in total. The number of ketones is 1. The van der Waals surface area contributed by atoms with E-state index in [9.17, 15) is 14.7 Å². The number of carbonyl (C=O) groups excluding carboxylic acids is 2. The van der Waals surface area contributed by atoms with Crippen molar-refractivity contribution < 1.29 is 14.7 Å². The predicted octanol–water partition coefficient (Wildman–Crippen LogP) is 2.25. The standard InChI is InChI=1S/C17H17NO3/c1-17(2,21)14-9-7-12(8-10-14)11-3-5-13(6-4-11)15(19)16(18)20/h3-10,21H,1-2H3,(H2,18,20). The van der Waals surface area contributed by atoms with Crippen LogP contribution in [0.3, 0.4) is 0 Å². The van der Waals surface area contributed by atoms with Crippen LogP contribution in [0, 0.1) is 0 Å². The summed E-state index contributed by atoms with van der Waals surface area (Å²) in [6, 6.07) is 14.2. The number of Topliss-reactive ketones (excluding diaryl/α,β-unsaturated/α-hetero) is 1. The predicted molar refractivity (Wildman–Crippen MR) is 80.6 cm³/mol. The summed E-state index contributed by atoms with van der Waals surface area (Å²) in [6.07, 6.45) is 0. The molecule has 0 heterocycles. The molecule has 1 amide bonds. The molecule has 0 aliphatic rings. The van der Waals surface area contributed by atoms with Crippen LogP contribution in [-0.4, -0.2) is 16.8 Å². The monoisotopic (exact) mass is 283 g/mol. The van der Waals surface area contributed by atoms with Crippen LogP contribution in [0.25, 0.3) is 11.1 Å². The minimum Gasteiger partial charge on any atom is -0.386 e. The largest absolute Gasteiger partial charge is 0.386 e. The molecule has 21 heavy (non-hydrogen) atoms. The molecule has 0 spiro atoms. The van der Waals surface area contributed by atoms with Gasteiger partial charge in [-0.05, 0) is 30.5 Å². The molecule has 2 aromatic carbocycles. The summed E-state index contributed by atoms with van der Waals surface area (Å²) in [4.78, 5) is 22.3. The molecule has 0 bridgehead atoms. The minimum absolute atomic E-state index is 0.277. The Bertz CT molecular complexity index is 665. The molecule has 2 rings (SSSR count). The SMILES string of the molecule is CC(C)(O)c1ccc(-c2ccc(C(=O)C(N)=O)cc2)cc1. The zero-order valence-electron chi connectivity index (χ0n) is 12.0. The van der Waals surface area contributed by atoms with Gasteiger partial charge in [-0.3, -0.25) is 9.59 Å². The van der Waals surface area contributed by atoms with Crippen molar-refractivity contribution in [3.8, 4) is 11.1 Å². The molecule has 108 valence electrons. The molecule has 2 aromatic rings. The van der Waals surface area contributed by atoms with E-state index in [0.717, 1.165) is 16.7 Å². The highest BCUT2D eigenvalue weighted by Gasteiger charge is 2.15. The van der Waals surface area contributed by atoms with Crippen LogP contribution in [-0.2, 0) is 10.4 Å². The molecule has 0 unspecified atom stereocenters. The van der Waals surface area contributed by atoms with Crippen molar-refractivity contribution in [2.24, 2.45) is 5.73 Å². The summed E-state index contributed by atoms with van der Waals surface area (Å²) in [6.45, 7) is 3.46. The molecule has 3 N–H and O–H groups in total. The van der Waals surface area contributed by atoms with E-state index in [4.69, 9.17) is 5.73 Å². The van der Waals surface area contributed by atoms with E-state index in [1.807, 2.05) is 24.3 Å². The smallest absolute Gasteiger partial charge is 0.289 e. The summed E-state index contributed by atoms with van der Waals surface area (Å²) < 4.78 is 0. The molecule has 0 aliphatic heterocycles. The molecule has 0 aromatic heterocycles. The Balaban J connectivity index is 2.27. The van der Waals surface area contributed by atoms with Crippen molar-refractivity contribution in [2.75, 3.05) is 0 Å². The van der Waals surface area contributed by atoms with Crippen LogP contribution in [0.5, 0.6) is 0 Å². The summed E-state index contributed by atoms with van der Waals surface area (Å²) in [7, 11) is 0. The lowest BCUT2D eigenvalue weighted by Crippen LogP contribution is -2.22. The van der Waals surface area contributed by atoms with Crippen LogP contribution in [0.15, 0.2) is 48.5 Å². The molecular formula is C17H17NO3. The van der Waals surface area contributed by atoms with Gasteiger partial charge in [-0.25, -0.2) is 0 Å². The van der Waals surface area contributed by atoms with Crippen LogP contribution in [0.1, 0.15) is 29.8 Å². The third-order valence-electron chi connectivity index (χ3n) is 3.30. The Morgan fingerprint density at radius 1 is 0.905 bits per heavy atom. The average molecular weight is 283 g/mol. The number of rotatable bonds is 4. The second-order valence-electron chi connectivity index (χ2n) is 5.41. The fraction of sp³-hybridized carbons (Fsp3) is 0.176. The van der Waals surface area contributed by atoms with Crippen molar-refractivity contribution in [3.05, 3.63) is 59.7 Å². The summed E-state index contributed by atoms with van der Waals surface area (Å²) in [5.41, 5.74) is 7.06. The highest BCUT2D eigenvalue weighted by Crippen LogP contribution is 2.25. The fourth-order valence-electron chi connectivity index (χ4n) is 2.03. The molecule has 0 fully saturated rings. The first kappa shape index (κ1) is 14.9. The molecule has 0 saturated heterocycles. The number of nitrogens with two attached hydrogens (primary N) is 1. The Kier molecular flexibility index (Phi) is 3.91. The molecule has 0 saturated carbocycles. The highest BCUT2D eigenvalue weighted by atomic mass is 16.3. The summed E-state index contributed by atoms with van der Waals surface area (Å²) >= 11 is 0. The quantitative estimate of drug-likeness (QED) is 0.667. The Morgan fingerprint density at radius 3 is 1.71 bits per heavy atom. The van der Waals surface area contributed by atoms with E-state index in [0.29, 0.717) is 0 Å². The third kappa shape index (κ3) is 3.35. The number of benzene rings is 2. The van der Waals surface area contributed by atoms with Crippen LogP contribution >= 0.6 is 0 Å². The van der Waals surface area contributed by atoms with Gasteiger partial charge < -0.3 is 10.8 Å². The second-order valence-corrected chi connectivity index (χ2v) is 5.41. The molecule has 4 heteroatoms. The van der Waals surface area contributed by atoms with Gasteiger partial charge in [0, 0.05) is 5.56 Å². The molecule has 0 radical (unpaired) electrons. The van der Waals surface area contributed by atoms with Gasteiger partial charge >= 0.3 is 0 Å². The number of aliphatic hydroxyl groups is 1. The van der Waals surface area contributed by atoms with Gasteiger partial charge in [0.15, 0.2) is 0 Å². The number of hydrogen-bond acceptors (Lipinski definition) is 3. The van der Waals surface area contributed by atoms with Crippen molar-refractivity contribution in [3.63, 3.8) is 0 Å². The van der Waals surface area contributed by atoms with Crippen molar-refractivity contribution >= 4 is 11.7 Å². The van der Waals surface area contributed by atoms with Gasteiger partial charge in [-0.1, -0.05) is 48.5 Å². The van der Waals surface area contributed by atoms with Crippen LogP contribution < -0.4 is 5.73 Å². The van der Waals surface area contributed by atoms with Gasteiger partial charge in [0.25, 0.3) is 5.91 Å². The lowest BCUT2D eigenvalue weighted by Gasteiger charge is -2.17. The van der Waals surface area contributed by atoms with E-state index in [-0.39, 0.29) is 5.56 Å². The Labute approximate surface area is 123 Å². The number of carbonyl (C=O) groups is 2. The summed E-state index contributed by atoms with van der Waals surface area (Å²) in [5, 5.41) is 9.92. The lowest BCUT2D eigenvalue weighted by molar-refractivity contribution is -0.114. The maximum absolute atomic E-state index is 11.4. The van der Waals surface area contributed by atoms with E-state index in [1.54, 1.807) is 38.1 Å². The first-order chi connectivity index (χ1) is 9.79. The average Bonchev–Trinajstić information content (AvgIpc) is 2.46. The maximum Gasteiger partial charge on any atom is 0.289 e. The van der Waals surface area contributed by atoms with Gasteiger partial charge in [-0.2, -0.15) is 0 Å². The van der Waals surface area contributed by atoms with Gasteiger partial charge in [-0.15, -0.1) is 0 Å². The fourth-order valence-corrected chi connectivity index (χ4v) is 2.03. The topological polar surface area (TPSA) is 80.4 Å². The normalized spacial score (nSPS) is 11.2. The van der Waals surface area contributed by atoms with Crippen molar-refractivity contribution in [1.82, 2.24) is 0 Å². The molecule has 0 aliphatic carbocycles. The van der Waals surface area contributed by atoms with Crippen LogP contribution in [0.2, 0.25) is 0 Å². The van der Waals surface area contributed by atoms with Gasteiger partial charge in [0.05, 0.1) is 5.60 Å². The Morgan fingerprint density at radius 2 is 1.33 bits per heavy atom. The second kappa shape index (κ2) is 5.50. The first-order valence-corrected chi connectivity index (χ1v) is 6.56. The van der Waals surface area contributed by atoms with Crippen molar-refractivity contribution in [1.29, 1.82) is 0 Å². The van der Waals surface area contributed by atoms with Gasteiger partial charge in [0.1, 0.15) is 0 Å². The number of hydrogen-bond donors (Lipinski definition) is 2. The van der Waals surface area contributed by atoms with E-state index >= 15 is 0 Å². The van der Waals surface area contributed by atoms with E-state index in [1.165, 1.54) is 0 Å². The zero-order chi connectivity index (χ0) is 15.6. The molecular weight excluding hydrogens is 266 g/mol. The minimum atomic E-state index is -0.961. The van der Waals surface area contributed by atoms with Gasteiger partial charge in [0.2, 0.25) is 5.78 Å². The lowest BCUT2D eigenvalue weighted by atomic mass is 9.95. The summed E-state index contributed by atoms with van der Waals surface area (Å²) in [5.74, 6) is -1.66. The third-order valence-corrected chi connectivity index (χ3v) is 3.30. The first-order valence-electron chi connectivity index (χ1n) is 6.56. The van der Waals surface area contributed by atoms with E-state index in [2.05, 4.69) is 0 Å². The zero-order valence-corrected chi connectivity index (χ0v) is 12.0.